The van der Waals surface area contributed by atoms with Crippen LogP contribution in [0.3, 0.4) is 0 Å². The SMILES string of the molecule is CSc1nccc(-c2cc3[nH]cnc3nc2-c2ccco2)n1.c1coc(-c2nc3nc[nH]c3cc2-c2ccncc2)c1. The molecule has 0 aliphatic rings. The van der Waals surface area contributed by atoms with E-state index in [1.54, 1.807) is 43.8 Å². The fraction of sp³-hybridized carbons (Fsp3) is 0.0333. The summed E-state index contributed by atoms with van der Waals surface area (Å²) in [6.07, 6.45) is 13.8. The Kier molecular flexibility index (Phi) is 6.70. The van der Waals surface area contributed by atoms with E-state index in [1.165, 1.54) is 11.8 Å². The lowest BCUT2D eigenvalue weighted by Gasteiger charge is -2.07. The second-order valence-electron chi connectivity index (χ2n) is 8.94. The lowest BCUT2D eigenvalue weighted by atomic mass is 10.0. The molecular weight excluding hydrogens is 550 g/mol. The minimum absolute atomic E-state index is 0.647. The maximum absolute atomic E-state index is 5.51. The van der Waals surface area contributed by atoms with Gasteiger partial charge in [-0.25, -0.2) is 29.9 Å². The third kappa shape index (κ3) is 4.90. The number of H-pyrrole nitrogens is 2. The summed E-state index contributed by atoms with van der Waals surface area (Å²) in [7, 11) is 0. The third-order valence-electron chi connectivity index (χ3n) is 6.41. The number of aromatic amines is 2. The molecule has 8 rings (SSSR count). The summed E-state index contributed by atoms with van der Waals surface area (Å²) < 4.78 is 11.0. The smallest absolute Gasteiger partial charge is 0.187 e. The highest BCUT2D eigenvalue weighted by atomic mass is 32.2. The molecule has 0 atom stereocenters. The summed E-state index contributed by atoms with van der Waals surface area (Å²) >= 11 is 1.50. The van der Waals surface area contributed by atoms with Crippen LogP contribution < -0.4 is 0 Å². The molecule has 42 heavy (non-hydrogen) atoms. The van der Waals surface area contributed by atoms with E-state index < -0.39 is 0 Å². The minimum Gasteiger partial charge on any atom is -0.463 e. The zero-order valence-corrected chi connectivity index (χ0v) is 22.9. The Morgan fingerprint density at radius 2 is 1.29 bits per heavy atom. The molecule has 0 aliphatic heterocycles. The fourth-order valence-corrected chi connectivity index (χ4v) is 4.84. The molecule has 0 unspecified atom stereocenters. The second-order valence-corrected chi connectivity index (χ2v) is 9.71. The van der Waals surface area contributed by atoms with Crippen LogP contribution >= 0.6 is 11.8 Å². The Bertz CT molecular complexity index is 2090. The van der Waals surface area contributed by atoms with Gasteiger partial charge in [-0.2, -0.15) is 0 Å². The highest BCUT2D eigenvalue weighted by molar-refractivity contribution is 7.98. The van der Waals surface area contributed by atoms with Crippen molar-refractivity contribution >= 4 is 34.1 Å². The molecule has 0 radical (unpaired) electrons. The van der Waals surface area contributed by atoms with Gasteiger partial charge in [-0.3, -0.25) is 4.98 Å². The molecule has 0 bridgehead atoms. The van der Waals surface area contributed by atoms with E-state index in [9.17, 15) is 0 Å². The first-order valence-electron chi connectivity index (χ1n) is 12.8. The van der Waals surface area contributed by atoms with E-state index in [0.29, 0.717) is 22.2 Å². The maximum atomic E-state index is 5.51. The second kappa shape index (κ2) is 11.1. The predicted molar refractivity (Wildman–Crippen MR) is 159 cm³/mol. The maximum Gasteiger partial charge on any atom is 0.187 e. The van der Waals surface area contributed by atoms with Crippen molar-refractivity contribution in [1.82, 2.24) is 44.9 Å². The van der Waals surface area contributed by atoms with Crippen molar-refractivity contribution in [1.29, 1.82) is 0 Å². The van der Waals surface area contributed by atoms with Crippen molar-refractivity contribution in [3.63, 3.8) is 0 Å². The average molecular weight is 572 g/mol. The number of hydrogen-bond acceptors (Lipinski definition) is 10. The zero-order chi connectivity index (χ0) is 28.3. The molecular formula is C30H21N9O2S. The number of nitrogens with one attached hydrogen (secondary N) is 2. The van der Waals surface area contributed by atoms with Crippen molar-refractivity contribution in [2.24, 2.45) is 0 Å². The van der Waals surface area contributed by atoms with Crippen molar-refractivity contribution in [2.75, 3.05) is 6.26 Å². The molecule has 12 heteroatoms. The number of nitrogens with zero attached hydrogens (tertiary/aromatic N) is 7. The normalized spacial score (nSPS) is 11.1. The van der Waals surface area contributed by atoms with E-state index in [2.05, 4.69) is 44.9 Å². The van der Waals surface area contributed by atoms with Gasteiger partial charge in [0.05, 0.1) is 41.9 Å². The van der Waals surface area contributed by atoms with Gasteiger partial charge in [0.2, 0.25) is 0 Å². The van der Waals surface area contributed by atoms with E-state index >= 15 is 0 Å². The van der Waals surface area contributed by atoms with Gasteiger partial charge in [0.25, 0.3) is 0 Å². The summed E-state index contributed by atoms with van der Waals surface area (Å²) in [5.41, 5.74) is 8.27. The molecule has 8 aromatic rings. The van der Waals surface area contributed by atoms with Gasteiger partial charge in [0.15, 0.2) is 28.0 Å². The monoisotopic (exact) mass is 571 g/mol. The molecule has 0 saturated carbocycles. The van der Waals surface area contributed by atoms with Crippen molar-refractivity contribution in [3.8, 4) is 45.3 Å². The molecule has 0 spiro atoms. The Labute approximate surface area is 242 Å². The van der Waals surface area contributed by atoms with Crippen LogP contribution in [0.4, 0.5) is 0 Å². The molecule has 0 aliphatic carbocycles. The van der Waals surface area contributed by atoms with Crippen LogP contribution in [0, 0.1) is 0 Å². The summed E-state index contributed by atoms with van der Waals surface area (Å²) in [6.45, 7) is 0. The minimum atomic E-state index is 0.647. The average Bonchev–Trinajstić information content (AvgIpc) is 3.88. The molecule has 8 aromatic heterocycles. The van der Waals surface area contributed by atoms with Gasteiger partial charge in [-0.1, -0.05) is 11.8 Å². The number of rotatable bonds is 5. The predicted octanol–water partition coefficient (Wildman–Crippen LogP) is 6.68. The molecule has 0 saturated heterocycles. The standard InChI is InChI=1S/C15H11N5OS.C15H10N4O/c1-22-15-16-5-4-10(19-15)9-7-11-14(18-8-17-11)20-13(9)12-3-2-6-21-12;1-2-13(20-7-1)14-11(10-3-5-16-6-4-10)8-12-15(19-14)18-9-17-12/h2-8H,1H3,(H,17,18,20);1-9H,(H,17,18,19). The number of thioether (sulfide) groups is 1. The van der Waals surface area contributed by atoms with Crippen molar-refractivity contribution in [2.45, 2.75) is 5.16 Å². The van der Waals surface area contributed by atoms with Gasteiger partial charge in [0.1, 0.15) is 11.4 Å². The molecule has 2 N–H and O–H groups in total. The highest BCUT2D eigenvalue weighted by Gasteiger charge is 2.16. The van der Waals surface area contributed by atoms with Crippen LogP contribution in [-0.2, 0) is 0 Å². The largest absolute Gasteiger partial charge is 0.463 e. The molecule has 11 nitrogen and oxygen atoms in total. The van der Waals surface area contributed by atoms with E-state index in [1.807, 2.05) is 60.9 Å². The third-order valence-corrected chi connectivity index (χ3v) is 6.97. The number of pyridine rings is 3. The van der Waals surface area contributed by atoms with Gasteiger partial charge < -0.3 is 18.8 Å². The molecule has 8 heterocycles. The van der Waals surface area contributed by atoms with Gasteiger partial charge in [-0.15, -0.1) is 0 Å². The lowest BCUT2D eigenvalue weighted by molar-refractivity contribution is 0.580. The topological polar surface area (TPSA) is 148 Å². The summed E-state index contributed by atoms with van der Waals surface area (Å²) in [6, 6.07) is 17.2. The summed E-state index contributed by atoms with van der Waals surface area (Å²) in [5, 5.41) is 0.715. The highest BCUT2D eigenvalue weighted by Crippen LogP contribution is 2.33. The van der Waals surface area contributed by atoms with E-state index in [4.69, 9.17) is 8.83 Å². The van der Waals surface area contributed by atoms with Crippen LogP contribution in [0.15, 0.2) is 112 Å². The van der Waals surface area contributed by atoms with Crippen LogP contribution in [0.2, 0.25) is 0 Å². The Morgan fingerprint density at radius 1 is 0.667 bits per heavy atom. The fourth-order valence-electron chi connectivity index (χ4n) is 4.48. The van der Waals surface area contributed by atoms with Crippen molar-refractivity contribution < 1.29 is 8.83 Å². The molecule has 0 amide bonds. The first-order valence-corrected chi connectivity index (χ1v) is 14.0. The number of furan rings is 2. The zero-order valence-electron chi connectivity index (χ0n) is 22.1. The van der Waals surface area contributed by atoms with Gasteiger partial charge >= 0.3 is 0 Å². The van der Waals surface area contributed by atoms with Crippen LogP contribution in [-0.4, -0.2) is 51.1 Å². The Balaban J connectivity index is 0.000000138. The van der Waals surface area contributed by atoms with Crippen LogP contribution in [0.1, 0.15) is 0 Å². The summed E-state index contributed by atoms with van der Waals surface area (Å²) in [5.74, 6) is 1.41. The Hall–Kier alpha value is -5.62. The van der Waals surface area contributed by atoms with Gasteiger partial charge in [0, 0.05) is 29.7 Å². The lowest BCUT2D eigenvalue weighted by Crippen LogP contribution is -1.94. The molecule has 0 fully saturated rings. The number of fused-ring (bicyclic) bond motifs is 2. The summed E-state index contributed by atoms with van der Waals surface area (Å²) in [4.78, 5) is 36.6. The molecule has 204 valence electrons. The molecule has 0 aromatic carbocycles. The van der Waals surface area contributed by atoms with E-state index in [-0.39, 0.29) is 0 Å². The first kappa shape index (κ1) is 25.4. The van der Waals surface area contributed by atoms with Crippen LogP contribution in [0.5, 0.6) is 0 Å². The quantitative estimate of drug-likeness (QED) is 0.169. The van der Waals surface area contributed by atoms with Crippen LogP contribution in [0.25, 0.3) is 67.6 Å². The Morgan fingerprint density at radius 3 is 1.88 bits per heavy atom. The number of imidazole rings is 2. The van der Waals surface area contributed by atoms with Gasteiger partial charge in [-0.05, 0) is 66.4 Å². The first-order chi connectivity index (χ1) is 20.8. The van der Waals surface area contributed by atoms with E-state index in [0.717, 1.165) is 50.6 Å². The number of aromatic nitrogens is 9. The number of hydrogen-bond donors (Lipinski definition) is 2. The van der Waals surface area contributed by atoms with Crippen molar-refractivity contribution in [3.05, 3.63) is 98.4 Å².